The molecule has 1 aliphatic carbocycles. The zero-order valence-electron chi connectivity index (χ0n) is 19.5. The number of hydrogen-bond acceptors (Lipinski definition) is 3. The molecule has 0 aromatic heterocycles. The Labute approximate surface area is 226 Å². The molecule has 4 rings (SSSR count). The van der Waals surface area contributed by atoms with E-state index in [1.165, 1.54) is 50.2 Å². The van der Waals surface area contributed by atoms with E-state index >= 15 is 4.39 Å². The van der Waals surface area contributed by atoms with E-state index in [-0.39, 0.29) is 27.6 Å². The third-order valence-corrected chi connectivity index (χ3v) is 7.64. The number of amides is 3. The molecule has 3 aromatic rings. The maximum Gasteiger partial charge on any atom is 0.258 e. The van der Waals surface area contributed by atoms with Gasteiger partial charge in [0.25, 0.3) is 5.91 Å². The molecule has 3 amide bonds. The number of aryl methyl sites for hydroxylation is 1. The van der Waals surface area contributed by atoms with Gasteiger partial charge in [0.15, 0.2) is 0 Å². The maximum atomic E-state index is 15.1. The van der Waals surface area contributed by atoms with Crippen molar-refractivity contribution in [3.63, 3.8) is 0 Å². The largest absolute Gasteiger partial charge is 0.369 e. The average Bonchev–Trinajstić information content (AvgIpc) is 3.35. The van der Waals surface area contributed by atoms with Crippen molar-refractivity contribution >= 4 is 63.9 Å². The first-order chi connectivity index (χ1) is 17.3. The molecule has 4 N–H and O–H groups in total. The summed E-state index contributed by atoms with van der Waals surface area (Å²) in [6, 6.07) is 12.5. The van der Waals surface area contributed by atoms with Crippen LogP contribution >= 0.6 is 34.8 Å². The van der Waals surface area contributed by atoms with Crippen molar-refractivity contribution in [3.8, 4) is 0 Å². The summed E-state index contributed by atoms with van der Waals surface area (Å²) in [4.78, 5) is 37.1. The van der Waals surface area contributed by atoms with Gasteiger partial charge in [0.05, 0.1) is 10.6 Å². The highest BCUT2D eigenvalue weighted by molar-refractivity contribution is 6.55. The van der Waals surface area contributed by atoms with Crippen LogP contribution < -0.4 is 16.4 Å². The molecule has 2 unspecified atom stereocenters. The Morgan fingerprint density at radius 3 is 2.08 bits per heavy atom. The fourth-order valence-corrected chi connectivity index (χ4v) is 5.85. The van der Waals surface area contributed by atoms with Gasteiger partial charge in [-0.1, -0.05) is 46.9 Å². The lowest BCUT2D eigenvalue weighted by atomic mass is 9.87. The summed E-state index contributed by atoms with van der Waals surface area (Å²) < 4.78 is 27.1. The topological polar surface area (TPSA) is 101 Å². The SMILES string of the molecule is CC(=O)Nc1ccc(NC(=O)c2cc(C3(C(N)=O)C(c4ccc(F)c(Cl)c4)C3(Cl)Cl)cc(C)c2F)cc1. The second kappa shape index (κ2) is 9.59. The van der Waals surface area contributed by atoms with Crippen molar-refractivity contribution in [2.45, 2.75) is 29.5 Å². The fraction of sp³-hybridized carbons (Fsp3) is 0.192. The first kappa shape index (κ1) is 26.9. The third-order valence-electron chi connectivity index (χ3n) is 6.32. The van der Waals surface area contributed by atoms with Crippen LogP contribution in [0, 0.1) is 18.6 Å². The normalized spacial score (nSPS) is 19.7. The summed E-state index contributed by atoms with van der Waals surface area (Å²) in [6.07, 6.45) is 0. The minimum absolute atomic E-state index is 0.0520. The molecule has 37 heavy (non-hydrogen) atoms. The molecule has 6 nitrogen and oxygen atoms in total. The molecule has 0 radical (unpaired) electrons. The molecule has 0 bridgehead atoms. The van der Waals surface area contributed by atoms with E-state index in [0.717, 1.165) is 6.07 Å². The van der Waals surface area contributed by atoms with Crippen LogP contribution in [0.2, 0.25) is 5.02 Å². The maximum absolute atomic E-state index is 15.1. The number of primary amides is 1. The molecule has 0 saturated heterocycles. The Kier molecular flexibility index (Phi) is 6.96. The smallest absolute Gasteiger partial charge is 0.258 e. The van der Waals surface area contributed by atoms with Crippen LogP contribution in [-0.4, -0.2) is 22.1 Å². The fourth-order valence-electron chi connectivity index (χ4n) is 4.56. The monoisotopic (exact) mass is 565 g/mol. The minimum Gasteiger partial charge on any atom is -0.369 e. The number of alkyl halides is 2. The molecule has 1 aliphatic rings. The van der Waals surface area contributed by atoms with E-state index in [4.69, 9.17) is 40.5 Å². The van der Waals surface area contributed by atoms with E-state index in [9.17, 15) is 18.8 Å². The van der Waals surface area contributed by atoms with Crippen LogP contribution in [0.5, 0.6) is 0 Å². The van der Waals surface area contributed by atoms with Gasteiger partial charge in [0.2, 0.25) is 11.8 Å². The molecule has 192 valence electrons. The number of carbonyl (C=O) groups is 3. The molecule has 1 fully saturated rings. The quantitative estimate of drug-likeness (QED) is 0.327. The number of benzene rings is 3. The third kappa shape index (κ3) is 4.54. The van der Waals surface area contributed by atoms with Gasteiger partial charge in [0, 0.05) is 24.2 Å². The van der Waals surface area contributed by atoms with Crippen molar-refractivity contribution in [2.24, 2.45) is 5.73 Å². The zero-order chi connectivity index (χ0) is 27.3. The number of nitrogens with two attached hydrogens (primary N) is 1. The van der Waals surface area contributed by atoms with Crippen LogP contribution in [-0.2, 0) is 15.0 Å². The number of carbonyl (C=O) groups excluding carboxylic acids is 3. The van der Waals surface area contributed by atoms with Crippen LogP contribution in [0.1, 0.15) is 39.9 Å². The lowest BCUT2D eigenvalue weighted by molar-refractivity contribution is -0.120. The first-order valence-electron chi connectivity index (χ1n) is 10.9. The van der Waals surface area contributed by atoms with Crippen molar-refractivity contribution in [2.75, 3.05) is 10.6 Å². The molecule has 0 spiro atoms. The standard InChI is InChI=1S/C26H20Cl3F2N3O3/c1-12-9-15(25(24(32)37)22(26(25,28)29)14-3-8-20(30)19(27)10-14)11-18(21(12)31)23(36)34-17-6-4-16(5-7-17)33-13(2)35/h3-11,22H,1-2H3,(H2,32,37)(H,33,35)(H,34,36). The molecule has 1 saturated carbocycles. The van der Waals surface area contributed by atoms with Gasteiger partial charge in [-0.2, -0.15) is 0 Å². The van der Waals surface area contributed by atoms with Gasteiger partial charge in [-0.15, -0.1) is 0 Å². The summed E-state index contributed by atoms with van der Waals surface area (Å²) in [7, 11) is 0. The predicted octanol–water partition coefficient (Wildman–Crippen LogP) is 5.83. The summed E-state index contributed by atoms with van der Waals surface area (Å²) >= 11 is 19.1. The van der Waals surface area contributed by atoms with E-state index in [0.29, 0.717) is 16.9 Å². The Morgan fingerprint density at radius 1 is 0.946 bits per heavy atom. The molecular formula is C26H20Cl3F2N3O3. The summed E-state index contributed by atoms with van der Waals surface area (Å²) in [5.74, 6) is -4.40. The summed E-state index contributed by atoms with van der Waals surface area (Å²) in [5.41, 5.74) is 5.04. The Bertz CT molecular complexity index is 1450. The van der Waals surface area contributed by atoms with Gasteiger partial charge >= 0.3 is 0 Å². The van der Waals surface area contributed by atoms with E-state index < -0.39 is 39.1 Å². The summed E-state index contributed by atoms with van der Waals surface area (Å²) in [5, 5.41) is 4.97. The summed E-state index contributed by atoms with van der Waals surface area (Å²) in [6.45, 7) is 2.78. The zero-order valence-corrected chi connectivity index (χ0v) is 21.7. The Morgan fingerprint density at radius 2 is 1.54 bits per heavy atom. The van der Waals surface area contributed by atoms with Crippen molar-refractivity contribution in [1.82, 2.24) is 0 Å². The number of hydrogen-bond donors (Lipinski definition) is 3. The highest BCUT2D eigenvalue weighted by Crippen LogP contribution is 2.74. The van der Waals surface area contributed by atoms with Crippen molar-refractivity contribution in [1.29, 1.82) is 0 Å². The first-order valence-corrected chi connectivity index (χ1v) is 12.1. The lowest BCUT2D eigenvalue weighted by Gasteiger charge is -2.18. The number of nitrogens with one attached hydrogen (secondary N) is 2. The van der Waals surface area contributed by atoms with Crippen molar-refractivity contribution in [3.05, 3.63) is 93.5 Å². The Hall–Kier alpha value is -3.20. The van der Waals surface area contributed by atoms with Crippen LogP contribution in [0.4, 0.5) is 20.2 Å². The highest BCUT2D eigenvalue weighted by atomic mass is 35.5. The van der Waals surface area contributed by atoms with E-state index in [1.54, 1.807) is 12.1 Å². The van der Waals surface area contributed by atoms with Crippen LogP contribution in [0.25, 0.3) is 0 Å². The number of rotatable bonds is 6. The van der Waals surface area contributed by atoms with Gasteiger partial charge in [-0.05, 0) is 66.1 Å². The molecule has 2 atom stereocenters. The molecule has 3 aromatic carbocycles. The van der Waals surface area contributed by atoms with Gasteiger partial charge in [-0.25, -0.2) is 8.78 Å². The van der Waals surface area contributed by atoms with Gasteiger partial charge in [-0.3, -0.25) is 14.4 Å². The second-order valence-electron chi connectivity index (χ2n) is 8.77. The molecule has 0 heterocycles. The van der Waals surface area contributed by atoms with Crippen LogP contribution in [0.3, 0.4) is 0 Å². The highest BCUT2D eigenvalue weighted by Gasteiger charge is 2.80. The predicted molar refractivity (Wildman–Crippen MR) is 139 cm³/mol. The average molecular weight is 567 g/mol. The number of halogens is 5. The lowest BCUT2D eigenvalue weighted by Crippen LogP contribution is -2.34. The molecule has 11 heteroatoms. The van der Waals surface area contributed by atoms with Gasteiger partial charge < -0.3 is 16.4 Å². The van der Waals surface area contributed by atoms with Crippen molar-refractivity contribution < 1.29 is 23.2 Å². The van der Waals surface area contributed by atoms with Crippen LogP contribution in [0.15, 0.2) is 54.6 Å². The van der Waals surface area contributed by atoms with E-state index in [1.807, 2.05) is 0 Å². The number of anilines is 2. The second-order valence-corrected chi connectivity index (χ2v) is 10.6. The van der Waals surface area contributed by atoms with E-state index in [2.05, 4.69) is 10.6 Å². The van der Waals surface area contributed by atoms with Gasteiger partial charge in [0.1, 0.15) is 21.4 Å². The molecule has 0 aliphatic heterocycles. The molecular weight excluding hydrogens is 547 g/mol. The Balaban J connectivity index is 1.73. The minimum atomic E-state index is -1.78.